The van der Waals surface area contributed by atoms with Crippen molar-refractivity contribution in [2.24, 2.45) is 0 Å². The van der Waals surface area contributed by atoms with Gasteiger partial charge in [0.25, 0.3) is 7.82 Å². The number of carbonyl (C=O) groups is 2. The lowest BCUT2D eigenvalue weighted by molar-refractivity contribution is -0.870. The van der Waals surface area contributed by atoms with Gasteiger partial charge in [-0.25, -0.2) is 0 Å². The Labute approximate surface area is 510 Å². The van der Waals surface area contributed by atoms with Crippen molar-refractivity contribution < 1.29 is 42.1 Å². The summed E-state index contributed by atoms with van der Waals surface area (Å²) in [6.07, 6.45) is 81.0. The van der Waals surface area contributed by atoms with Crippen LogP contribution >= 0.6 is 7.82 Å². The van der Waals surface area contributed by atoms with Crippen LogP contribution in [-0.2, 0) is 32.7 Å². The number of esters is 2. The molecule has 2 unspecified atom stereocenters. The molecule has 10 heteroatoms. The van der Waals surface area contributed by atoms with Crippen LogP contribution in [0.5, 0.6) is 0 Å². The molecule has 0 bridgehead atoms. The van der Waals surface area contributed by atoms with Crippen LogP contribution in [0.3, 0.4) is 0 Å². The summed E-state index contributed by atoms with van der Waals surface area (Å²) in [5.74, 6) is -0.816. The number of likely N-dealkylation sites (N-methyl/N-ethyl adjacent to an activating group) is 1. The molecule has 0 spiro atoms. The first kappa shape index (κ1) is 80.2. The van der Waals surface area contributed by atoms with Gasteiger partial charge in [-0.3, -0.25) is 14.2 Å². The average Bonchev–Trinajstić information content (AvgIpc) is 3.46. The van der Waals surface area contributed by atoms with Crippen molar-refractivity contribution >= 4 is 19.8 Å². The number of hydrogen-bond acceptors (Lipinski definition) is 8. The van der Waals surface area contributed by atoms with E-state index in [1.54, 1.807) is 0 Å². The van der Waals surface area contributed by atoms with Crippen LogP contribution in [0.1, 0.15) is 361 Å². The van der Waals surface area contributed by atoms with E-state index in [1.165, 1.54) is 289 Å². The standard InChI is InChI=1S/C72H138NO8P/c1-6-8-10-12-14-16-18-20-22-24-26-27-28-29-30-31-32-33-34-35-36-37-38-39-40-41-42-43-44-45-47-49-51-53-55-57-59-61-63-65-72(75)81-70(69-80-82(76,77)79-67-66-73(3,4)5)68-78-71(74)64-62-60-58-56-54-52-50-48-46-25-23-21-19-17-15-13-11-9-7-2/h18,20-21,23-24,26,70H,6-17,19,22,25,27-69H2,1-5H3/b20-18-,23-21-,26-24-. The first-order chi connectivity index (χ1) is 40.0. The summed E-state index contributed by atoms with van der Waals surface area (Å²) < 4.78 is 34.3. The van der Waals surface area contributed by atoms with E-state index in [9.17, 15) is 19.0 Å². The SMILES string of the molecule is CCCCCCC/C=C\C/C=C\CCCCCCCCCCCCCCCCCCCCCCCCCCCCCC(=O)OC(COC(=O)CCCCCCCCCCC/C=C\CCCCCCCC)COP(=O)([O-])OCC[N+](C)(C)C. The number of rotatable bonds is 67. The van der Waals surface area contributed by atoms with Crippen LogP contribution in [0.2, 0.25) is 0 Å². The second kappa shape index (κ2) is 63.7. The van der Waals surface area contributed by atoms with E-state index in [2.05, 4.69) is 50.3 Å². The van der Waals surface area contributed by atoms with Crippen LogP contribution in [-0.4, -0.2) is 70.0 Å². The Morgan fingerprint density at radius 3 is 0.976 bits per heavy atom. The molecule has 0 radical (unpaired) electrons. The maximum absolute atomic E-state index is 12.9. The lowest BCUT2D eigenvalue weighted by Gasteiger charge is -2.28. The van der Waals surface area contributed by atoms with Crippen molar-refractivity contribution in [1.82, 2.24) is 0 Å². The number of ether oxygens (including phenoxy) is 2. The number of unbranched alkanes of at least 4 members (excludes halogenated alkanes) is 47. The van der Waals surface area contributed by atoms with Gasteiger partial charge in [0.2, 0.25) is 0 Å². The molecule has 0 saturated carbocycles. The van der Waals surface area contributed by atoms with E-state index in [1.807, 2.05) is 21.1 Å². The van der Waals surface area contributed by atoms with Gasteiger partial charge >= 0.3 is 11.9 Å². The summed E-state index contributed by atoms with van der Waals surface area (Å²) >= 11 is 0. The third kappa shape index (κ3) is 67.4. The molecule has 0 aliphatic rings. The maximum Gasteiger partial charge on any atom is 0.306 e. The summed E-state index contributed by atoms with van der Waals surface area (Å²) in [5, 5.41) is 0. The third-order valence-corrected chi connectivity index (χ3v) is 17.1. The molecule has 0 heterocycles. The number of phosphoric ester groups is 1. The molecule has 0 aliphatic carbocycles. The minimum atomic E-state index is -4.64. The number of allylic oxidation sites excluding steroid dienone is 6. The summed E-state index contributed by atoms with van der Waals surface area (Å²) in [6.45, 7) is 4.28. The van der Waals surface area contributed by atoms with Gasteiger partial charge in [0.1, 0.15) is 19.8 Å². The van der Waals surface area contributed by atoms with Crippen LogP contribution in [0.15, 0.2) is 36.5 Å². The van der Waals surface area contributed by atoms with E-state index in [0.717, 1.165) is 38.5 Å². The molecule has 0 N–H and O–H groups in total. The van der Waals surface area contributed by atoms with Gasteiger partial charge in [-0.15, -0.1) is 0 Å². The number of hydrogen-bond donors (Lipinski definition) is 0. The van der Waals surface area contributed by atoms with E-state index in [0.29, 0.717) is 17.4 Å². The molecular formula is C72H138NO8P. The average molecular weight is 1180 g/mol. The minimum Gasteiger partial charge on any atom is -0.756 e. The van der Waals surface area contributed by atoms with Gasteiger partial charge in [0.15, 0.2) is 6.10 Å². The Kier molecular flexibility index (Phi) is 62.3. The van der Waals surface area contributed by atoms with Gasteiger partial charge in [-0.2, -0.15) is 0 Å². The molecule has 0 fully saturated rings. The molecule has 0 aromatic heterocycles. The quantitative estimate of drug-likeness (QED) is 0.0195. The third-order valence-electron chi connectivity index (χ3n) is 16.1. The van der Waals surface area contributed by atoms with Crippen molar-refractivity contribution in [1.29, 1.82) is 0 Å². The molecule has 0 saturated heterocycles. The maximum atomic E-state index is 12.9. The predicted molar refractivity (Wildman–Crippen MR) is 351 cm³/mol. The highest BCUT2D eigenvalue weighted by Crippen LogP contribution is 2.38. The van der Waals surface area contributed by atoms with E-state index in [-0.39, 0.29) is 32.0 Å². The van der Waals surface area contributed by atoms with Crippen LogP contribution in [0, 0.1) is 0 Å². The van der Waals surface area contributed by atoms with Crippen molar-refractivity contribution in [2.45, 2.75) is 367 Å². The predicted octanol–water partition coefficient (Wildman–Crippen LogP) is 22.4. The molecule has 0 rings (SSSR count). The van der Waals surface area contributed by atoms with Crippen LogP contribution in [0.4, 0.5) is 0 Å². The number of quaternary nitrogens is 1. The van der Waals surface area contributed by atoms with Gasteiger partial charge < -0.3 is 27.9 Å². The smallest absolute Gasteiger partial charge is 0.306 e. The molecule has 2 atom stereocenters. The molecule has 9 nitrogen and oxygen atoms in total. The highest BCUT2D eigenvalue weighted by Gasteiger charge is 2.22. The molecule has 82 heavy (non-hydrogen) atoms. The van der Waals surface area contributed by atoms with Crippen molar-refractivity contribution in [2.75, 3.05) is 47.5 Å². The van der Waals surface area contributed by atoms with Gasteiger partial charge in [0, 0.05) is 12.8 Å². The molecule has 0 aromatic rings. The highest BCUT2D eigenvalue weighted by atomic mass is 31.2. The van der Waals surface area contributed by atoms with Crippen molar-refractivity contribution in [3.63, 3.8) is 0 Å². The Bertz CT molecular complexity index is 1480. The lowest BCUT2D eigenvalue weighted by Crippen LogP contribution is -2.37. The van der Waals surface area contributed by atoms with E-state index < -0.39 is 26.5 Å². The van der Waals surface area contributed by atoms with E-state index in [4.69, 9.17) is 18.5 Å². The summed E-state index contributed by atoms with van der Waals surface area (Å²) in [5.41, 5.74) is 0. The van der Waals surface area contributed by atoms with Crippen LogP contribution < -0.4 is 4.89 Å². The molecule has 0 aromatic carbocycles. The lowest BCUT2D eigenvalue weighted by atomic mass is 10.0. The fraction of sp³-hybridized carbons (Fsp3) is 0.889. The molecule has 484 valence electrons. The normalized spacial score (nSPS) is 13.3. The Hall–Kier alpha value is -1.77. The zero-order valence-corrected chi connectivity index (χ0v) is 56.1. The number of phosphoric acid groups is 1. The number of carbonyl (C=O) groups excluding carboxylic acids is 2. The Balaban J connectivity index is 3.90. The fourth-order valence-corrected chi connectivity index (χ4v) is 11.4. The van der Waals surface area contributed by atoms with Crippen molar-refractivity contribution in [3.05, 3.63) is 36.5 Å². The highest BCUT2D eigenvalue weighted by molar-refractivity contribution is 7.45. The van der Waals surface area contributed by atoms with Crippen molar-refractivity contribution in [3.8, 4) is 0 Å². The van der Waals surface area contributed by atoms with Gasteiger partial charge in [-0.1, -0.05) is 314 Å². The Morgan fingerprint density at radius 1 is 0.378 bits per heavy atom. The minimum absolute atomic E-state index is 0.0283. The zero-order valence-electron chi connectivity index (χ0n) is 55.2. The monoisotopic (exact) mass is 1180 g/mol. The number of nitrogens with zero attached hydrogens (tertiary/aromatic N) is 1. The second-order valence-corrected chi connectivity index (χ2v) is 27.0. The largest absolute Gasteiger partial charge is 0.756 e. The Morgan fingerprint density at radius 2 is 0.659 bits per heavy atom. The first-order valence-corrected chi connectivity index (χ1v) is 37.2. The van der Waals surface area contributed by atoms with Gasteiger partial charge in [-0.05, 0) is 70.6 Å². The fourth-order valence-electron chi connectivity index (χ4n) is 10.6. The summed E-state index contributed by atoms with van der Waals surface area (Å²) in [7, 11) is 1.18. The summed E-state index contributed by atoms with van der Waals surface area (Å²) in [4.78, 5) is 38.0. The molecule has 0 amide bonds. The van der Waals surface area contributed by atoms with Crippen LogP contribution in [0.25, 0.3) is 0 Å². The second-order valence-electron chi connectivity index (χ2n) is 25.6. The van der Waals surface area contributed by atoms with E-state index >= 15 is 0 Å². The molecule has 0 aliphatic heterocycles. The topological polar surface area (TPSA) is 111 Å². The first-order valence-electron chi connectivity index (χ1n) is 35.7. The summed E-state index contributed by atoms with van der Waals surface area (Å²) in [6, 6.07) is 0. The molecular weight excluding hydrogens is 1040 g/mol. The zero-order chi connectivity index (χ0) is 59.8. The van der Waals surface area contributed by atoms with Gasteiger partial charge in [0.05, 0.1) is 27.7 Å².